The third kappa shape index (κ3) is 2.50. The van der Waals surface area contributed by atoms with Gasteiger partial charge in [-0.05, 0) is 47.9 Å². The molecule has 3 amide bonds. The lowest BCUT2D eigenvalue weighted by atomic mass is 9.94. The van der Waals surface area contributed by atoms with E-state index in [2.05, 4.69) is 21.2 Å². The molecule has 0 aromatic heterocycles. The van der Waals surface area contributed by atoms with Crippen LogP contribution in [0.5, 0.6) is 0 Å². The van der Waals surface area contributed by atoms with Gasteiger partial charge in [0.25, 0.3) is 11.8 Å². The average Bonchev–Trinajstić information content (AvgIpc) is 2.62. The van der Waals surface area contributed by atoms with E-state index < -0.39 is 0 Å². The number of nitrogens with zero attached hydrogens (tertiary/aromatic N) is 1. The van der Waals surface area contributed by atoms with Gasteiger partial charge in [-0.1, -0.05) is 28.1 Å². The first-order valence-electron chi connectivity index (χ1n) is 7.95. The van der Waals surface area contributed by atoms with Gasteiger partial charge in [-0.15, -0.1) is 0 Å². The van der Waals surface area contributed by atoms with Crippen LogP contribution >= 0.6 is 15.9 Å². The van der Waals surface area contributed by atoms with Gasteiger partial charge in [-0.2, -0.15) is 0 Å². The standard InChI is InChI=1S/C20H13BrN2O3/c1-11(24)22-12-5-7-13(8-6-12)23-19(25)15-4-2-3-14-17(21)10-9-16(18(14)15)20(23)26/h2-10H,1H3,(H,22,24). The number of nitrogens with one attached hydrogen (secondary N) is 1. The highest BCUT2D eigenvalue weighted by atomic mass is 79.9. The molecule has 3 aromatic rings. The van der Waals surface area contributed by atoms with Crippen LogP contribution < -0.4 is 10.2 Å². The molecule has 0 saturated carbocycles. The maximum atomic E-state index is 13.0. The minimum absolute atomic E-state index is 0.186. The van der Waals surface area contributed by atoms with Crippen molar-refractivity contribution >= 4 is 55.8 Å². The van der Waals surface area contributed by atoms with Crippen molar-refractivity contribution in [2.24, 2.45) is 0 Å². The van der Waals surface area contributed by atoms with Crippen LogP contribution in [0.4, 0.5) is 11.4 Å². The number of anilines is 2. The summed E-state index contributed by atoms with van der Waals surface area (Å²) < 4.78 is 0.840. The van der Waals surface area contributed by atoms with E-state index in [9.17, 15) is 14.4 Å². The molecule has 6 heteroatoms. The SMILES string of the molecule is CC(=O)Nc1ccc(N2C(=O)c3cccc4c(Br)ccc(c34)C2=O)cc1. The number of halogens is 1. The summed E-state index contributed by atoms with van der Waals surface area (Å²) in [5.41, 5.74) is 2.04. The Morgan fingerprint density at radius 2 is 1.58 bits per heavy atom. The number of rotatable bonds is 2. The third-order valence-corrected chi connectivity index (χ3v) is 4.99. The first kappa shape index (κ1) is 16.5. The Bertz CT molecular complexity index is 1070. The number of imide groups is 1. The Morgan fingerprint density at radius 1 is 0.923 bits per heavy atom. The second-order valence-electron chi connectivity index (χ2n) is 6.00. The fraction of sp³-hybridized carbons (Fsp3) is 0.0500. The number of benzene rings is 3. The summed E-state index contributed by atoms with van der Waals surface area (Å²) in [7, 11) is 0. The number of hydrogen-bond acceptors (Lipinski definition) is 3. The second kappa shape index (κ2) is 6.07. The lowest BCUT2D eigenvalue weighted by Crippen LogP contribution is -2.40. The van der Waals surface area contributed by atoms with Crippen molar-refractivity contribution in [1.29, 1.82) is 0 Å². The molecule has 0 radical (unpaired) electrons. The first-order valence-corrected chi connectivity index (χ1v) is 8.74. The van der Waals surface area contributed by atoms with Crippen LogP contribution in [0.3, 0.4) is 0 Å². The van der Waals surface area contributed by atoms with Gasteiger partial charge in [-0.3, -0.25) is 14.4 Å². The zero-order valence-corrected chi connectivity index (χ0v) is 15.3. The van der Waals surface area contributed by atoms with Crippen molar-refractivity contribution in [2.45, 2.75) is 6.92 Å². The van der Waals surface area contributed by atoms with Gasteiger partial charge in [0.15, 0.2) is 0 Å². The molecule has 0 saturated heterocycles. The Labute approximate surface area is 157 Å². The fourth-order valence-electron chi connectivity index (χ4n) is 3.19. The van der Waals surface area contributed by atoms with Crippen LogP contribution in [0, 0.1) is 0 Å². The predicted octanol–water partition coefficient (Wildman–Crippen LogP) is 4.36. The molecular weight excluding hydrogens is 396 g/mol. The van der Waals surface area contributed by atoms with Crippen molar-refractivity contribution in [3.05, 3.63) is 70.2 Å². The zero-order valence-electron chi connectivity index (χ0n) is 13.7. The molecule has 26 heavy (non-hydrogen) atoms. The Morgan fingerprint density at radius 3 is 2.23 bits per heavy atom. The van der Waals surface area contributed by atoms with E-state index in [1.165, 1.54) is 11.8 Å². The Hall–Kier alpha value is -2.99. The summed E-state index contributed by atoms with van der Waals surface area (Å²) in [6.07, 6.45) is 0. The normalized spacial score (nSPS) is 13.2. The lowest BCUT2D eigenvalue weighted by Gasteiger charge is -2.27. The molecular formula is C20H13BrN2O3. The second-order valence-corrected chi connectivity index (χ2v) is 6.85. The summed E-state index contributed by atoms with van der Waals surface area (Å²) in [6.45, 7) is 1.42. The van der Waals surface area contributed by atoms with E-state index in [0.29, 0.717) is 27.9 Å². The molecule has 0 aliphatic carbocycles. The van der Waals surface area contributed by atoms with Gasteiger partial charge in [0.05, 0.1) is 5.69 Å². The molecule has 1 heterocycles. The molecule has 0 bridgehead atoms. The highest BCUT2D eigenvalue weighted by molar-refractivity contribution is 9.10. The summed E-state index contributed by atoms with van der Waals surface area (Å²) >= 11 is 3.48. The summed E-state index contributed by atoms with van der Waals surface area (Å²) in [4.78, 5) is 38.3. The molecule has 128 valence electrons. The molecule has 5 nitrogen and oxygen atoms in total. The van der Waals surface area contributed by atoms with Gasteiger partial charge in [0, 0.05) is 33.6 Å². The van der Waals surface area contributed by atoms with Crippen molar-refractivity contribution in [3.8, 4) is 0 Å². The molecule has 4 rings (SSSR count). The molecule has 1 N–H and O–H groups in total. The fourth-order valence-corrected chi connectivity index (χ4v) is 3.65. The highest BCUT2D eigenvalue weighted by Gasteiger charge is 2.34. The van der Waals surface area contributed by atoms with E-state index in [4.69, 9.17) is 0 Å². The molecule has 1 aliphatic rings. The summed E-state index contributed by atoms with van der Waals surface area (Å²) in [5.74, 6) is -0.911. The number of amides is 3. The molecule has 1 aliphatic heterocycles. The predicted molar refractivity (Wildman–Crippen MR) is 104 cm³/mol. The number of hydrogen-bond donors (Lipinski definition) is 1. The van der Waals surface area contributed by atoms with Crippen molar-refractivity contribution in [2.75, 3.05) is 10.2 Å². The third-order valence-electron chi connectivity index (χ3n) is 4.30. The van der Waals surface area contributed by atoms with Gasteiger partial charge in [-0.25, -0.2) is 4.90 Å². The smallest absolute Gasteiger partial charge is 0.265 e. The van der Waals surface area contributed by atoms with E-state index in [-0.39, 0.29) is 17.7 Å². The van der Waals surface area contributed by atoms with Crippen molar-refractivity contribution < 1.29 is 14.4 Å². The van der Waals surface area contributed by atoms with Crippen LogP contribution in [0.2, 0.25) is 0 Å². The number of carbonyl (C=O) groups excluding carboxylic acids is 3. The van der Waals surface area contributed by atoms with Gasteiger partial charge < -0.3 is 5.32 Å². The Kier molecular flexibility index (Phi) is 3.85. The van der Waals surface area contributed by atoms with E-state index >= 15 is 0 Å². The van der Waals surface area contributed by atoms with Crippen molar-refractivity contribution in [1.82, 2.24) is 0 Å². The van der Waals surface area contributed by atoms with Gasteiger partial charge in [0.1, 0.15) is 0 Å². The van der Waals surface area contributed by atoms with Crippen molar-refractivity contribution in [3.63, 3.8) is 0 Å². The van der Waals surface area contributed by atoms with Crippen LogP contribution in [0.1, 0.15) is 27.6 Å². The molecule has 0 spiro atoms. The quantitative estimate of drug-likeness (QED) is 0.640. The maximum absolute atomic E-state index is 13.0. The maximum Gasteiger partial charge on any atom is 0.265 e. The minimum Gasteiger partial charge on any atom is -0.326 e. The van der Waals surface area contributed by atoms with E-state index in [1.54, 1.807) is 42.5 Å². The monoisotopic (exact) mass is 408 g/mol. The van der Waals surface area contributed by atoms with Crippen LogP contribution in [0.15, 0.2) is 59.1 Å². The topological polar surface area (TPSA) is 66.5 Å². The molecule has 0 atom stereocenters. The minimum atomic E-state index is -0.363. The molecule has 0 unspecified atom stereocenters. The van der Waals surface area contributed by atoms with Gasteiger partial charge in [0.2, 0.25) is 5.91 Å². The summed E-state index contributed by atoms with van der Waals surface area (Å²) in [6, 6.07) is 15.6. The lowest BCUT2D eigenvalue weighted by molar-refractivity contribution is -0.114. The van der Waals surface area contributed by atoms with E-state index in [1.807, 2.05) is 12.1 Å². The van der Waals surface area contributed by atoms with Crippen LogP contribution in [-0.4, -0.2) is 17.7 Å². The molecule has 0 fully saturated rings. The zero-order chi connectivity index (χ0) is 18.4. The Balaban J connectivity index is 1.83. The van der Waals surface area contributed by atoms with Gasteiger partial charge >= 0.3 is 0 Å². The highest BCUT2D eigenvalue weighted by Crippen LogP contribution is 2.36. The number of carbonyl (C=O) groups is 3. The largest absolute Gasteiger partial charge is 0.326 e. The summed E-state index contributed by atoms with van der Waals surface area (Å²) in [5, 5.41) is 4.17. The van der Waals surface area contributed by atoms with E-state index in [0.717, 1.165) is 9.86 Å². The van der Waals surface area contributed by atoms with Crippen LogP contribution in [-0.2, 0) is 4.79 Å². The van der Waals surface area contributed by atoms with Crippen LogP contribution in [0.25, 0.3) is 10.8 Å². The first-order chi connectivity index (χ1) is 12.5. The average molecular weight is 409 g/mol. The molecule has 3 aromatic carbocycles.